The van der Waals surface area contributed by atoms with E-state index in [0.717, 1.165) is 25.9 Å². The monoisotopic (exact) mass is 288 g/mol. The number of ether oxygens (including phenoxy) is 1. The van der Waals surface area contributed by atoms with Gasteiger partial charge >= 0.3 is 0 Å². The molecule has 2 aliphatic heterocycles. The largest absolute Gasteiger partial charge is 0.478 e. The maximum absolute atomic E-state index is 12.5. The Morgan fingerprint density at radius 2 is 2.00 bits per heavy atom. The van der Waals surface area contributed by atoms with Crippen molar-refractivity contribution in [1.82, 2.24) is 4.90 Å². The van der Waals surface area contributed by atoms with E-state index in [4.69, 9.17) is 4.74 Å². The Bertz CT molecular complexity index is 552. The highest BCUT2D eigenvalue weighted by Gasteiger charge is 2.35. The van der Waals surface area contributed by atoms with Crippen LogP contribution in [0.15, 0.2) is 24.3 Å². The molecule has 1 fully saturated rings. The summed E-state index contributed by atoms with van der Waals surface area (Å²) in [5.41, 5.74) is 0.694. The number of benzene rings is 1. The van der Waals surface area contributed by atoms with E-state index in [0.29, 0.717) is 17.9 Å². The summed E-state index contributed by atoms with van der Waals surface area (Å²) in [4.78, 5) is 28.3. The van der Waals surface area contributed by atoms with Crippen LogP contribution in [0.5, 0.6) is 5.75 Å². The smallest absolute Gasteiger partial charge is 0.268 e. The van der Waals surface area contributed by atoms with Crippen molar-refractivity contribution >= 4 is 17.5 Å². The number of para-hydroxylation sites is 2. The van der Waals surface area contributed by atoms with Gasteiger partial charge in [0.2, 0.25) is 5.91 Å². The fraction of sp³-hybridized carbons (Fsp3) is 0.500. The SMILES string of the molecule is CC[C@H]1Oc2ccccc2N(CC(=O)N2CCCC2)C1=O. The quantitative estimate of drug-likeness (QED) is 0.852. The zero-order valence-electron chi connectivity index (χ0n) is 12.2. The van der Waals surface area contributed by atoms with E-state index >= 15 is 0 Å². The summed E-state index contributed by atoms with van der Waals surface area (Å²) in [6.45, 7) is 3.62. The molecule has 0 N–H and O–H groups in total. The predicted molar refractivity (Wildman–Crippen MR) is 79.3 cm³/mol. The molecule has 1 atom stereocenters. The van der Waals surface area contributed by atoms with Gasteiger partial charge in [0.1, 0.15) is 12.3 Å². The zero-order valence-corrected chi connectivity index (χ0v) is 12.2. The molecule has 5 nitrogen and oxygen atoms in total. The summed E-state index contributed by atoms with van der Waals surface area (Å²) in [5, 5.41) is 0. The molecule has 1 saturated heterocycles. The first kappa shape index (κ1) is 13.9. The second kappa shape index (κ2) is 5.76. The minimum atomic E-state index is -0.494. The van der Waals surface area contributed by atoms with Gasteiger partial charge in [0.15, 0.2) is 6.10 Å². The summed E-state index contributed by atoms with van der Waals surface area (Å²) < 4.78 is 5.71. The van der Waals surface area contributed by atoms with Crippen LogP contribution in [0.3, 0.4) is 0 Å². The number of anilines is 1. The molecule has 0 radical (unpaired) electrons. The number of likely N-dealkylation sites (tertiary alicyclic amines) is 1. The number of carbonyl (C=O) groups excluding carboxylic acids is 2. The number of hydrogen-bond acceptors (Lipinski definition) is 3. The van der Waals surface area contributed by atoms with E-state index in [-0.39, 0.29) is 18.4 Å². The van der Waals surface area contributed by atoms with Crippen molar-refractivity contribution in [3.63, 3.8) is 0 Å². The zero-order chi connectivity index (χ0) is 14.8. The molecule has 0 aliphatic carbocycles. The lowest BCUT2D eigenvalue weighted by Gasteiger charge is -2.34. The third kappa shape index (κ3) is 2.60. The lowest BCUT2D eigenvalue weighted by Crippen LogP contribution is -2.50. The molecule has 0 aromatic heterocycles. The van der Waals surface area contributed by atoms with Crippen LogP contribution in [0.1, 0.15) is 26.2 Å². The second-order valence-electron chi connectivity index (χ2n) is 5.49. The van der Waals surface area contributed by atoms with Crippen molar-refractivity contribution in [2.45, 2.75) is 32.3 Å². The van der Waals surface area contributed by atoms with Gasteiger partial charge in [-0.25, -0.2) is 0 Å². The number of carbonyl (C=O) groups is 2. The molecule has 112 valence electrons. The Kier molecular flexibility index (Phi) is 3.82. The first-order valence-electron chi connectivity index (χ1n) is 7.55. The third-order valence-electron chi connectivity index (χ3n) is 4.09. The first-order valence-corrected chi connectivity index (χ1v) is 7.55. The van der Waals surface area contributed by atoms with E-state index < -0.39 is 6.10 Å². The predicted octanol–water partition coefficient (Wildman–Crippen LogP) is 1.81. The van der Waals surface area contributed by atoms with Gasteiger partial charge < -0.3 is 9.64 Å². The van der Waals surface area contributed by atoms with Crippen molar-refractivity contribution in [1.29, 1.82) is 0 Å². The normalized spacial score (nSPS) is 21.2. The Morgan fingerprint density at radius 3 is 2.71 bits per heavy atom. The molecule has 1 aromatic carbocycles. The molecule has 1 aromatic rings. The topological polar surface area (TPSA) is 49.9 Å². The van der Waals surface area contributed by atoms with Crippen LogP contribution >= 0.6 is 0 Å². The molecule has 21 heavy (non-hydrogen) atoms. The minimum absolute atomic E-state index is 0.0207. The summed E-state index contributed by atoms with van der Waals surface area (Å²) in [5.74, 6) is 0.578. The molecule has 2 amide bonds. The maximum atomic E-state index is 12.5. The summed E-state index contributed by atoms with van der Waals surface area (Å²) >= 11 is 0. The molecule has 0 saturated carbocycles. The maximum Gasteiger partial charge on any atom is 0.268 e. The van der Waals surface area contributed by atoms with Gasteiger partial charge in [-0.1, -0.05) is 19.1 Å². The van der Waals surface area contributed by atoms with Crippen LogP contribution < -0.4 is 9.64 Å². The first-order chi connectivity index (χ1) is 10.2. The molecular formula is C16H20N2O3. The Hall–Kier alpha value is -2.04. The number of hydrogen-bond donors (Lipinski definition) is 0. The molecule has 0 spiro atoms. The van der Waals surface area contributed by atoms with Gasteiger partial charge in [0.25, 0.3) is 5.91 Å². The number of fused-ring (bicyclic) bond motifs is 1. The Labute approximate surface area is 124 Å². The number of rotatable bonds is 3. The second-order valence-corrected chi connectivity index (χ2v) is 5.49. The highest BCUT2D eigenvalue weighted by molar-refractivity contribution is 6.03. The third-order valence-corrected chi connectivity index (χ3v) is 4.09. The van der Waals surface area contributed by atoms with Crippen molar-refractivity contribution in [3.8, 4) is 5.75 Å². The van der Waals surface area contributed by atoms with Crippen LogP contribution in [0, 0.1) is 0 Å². The van der Waals surface area contributed by atoms with Gasteiger partial charge in [-0.05, 0) is 31.4 Å². The molecule has 5 heteroatoms. The Balaban J connectivity index is 1.84. The molecule has 0 bridgehead atoms. The fourth-order valence-electron chi connectivity index (χ4n) is 2.90. The average Bonchev–Trinajstić information content (AvgIpc) is 3.04. The van der Waals surface area contributed by atoms with E-state index in [1.54, 1.807) is 4.90 Å². The lowest BCUT2D eigenvalue weighted by atomic mass is 10.1. The van der Waals surface area contributed by atoms with Crippen LogP contribution in [0.4, 0.5) is 5.69 Å². The van der Waals surface area contributed by atoms with Gasteiger partial charge in [-0.2, -0.15) is 0 Å². The van der Waals surface area contributed by atoms with Crippen LogP contribution in [-0.2, 0) is 9.59 Å². The van der Waals surface area contributed by atoms with Gasteiger partial charge in [0, 0.05) is 13.1 Å². The van der Waals surface area contributed by atoms with Gasteiger partial charge in [0.05, 0.1) is 5.69 Å². The molecule has 2 aliphatic rings. The van der Waals surface area contributed by atoms with Gasteiger partial charge in [-0.15, -0.1) is 0 Å². The molecule has 3 rings (SSSR count). The van der Waals surface area contributed by atoms with E-state index in [2.05, 4.69) is 0 Å². The Morgan fingerprint density at radius 1 is 1.29 bits per heavy atom. The molecule has 2 heterocycles. The van der Waals surface area contributed by atoms with Crippen molar-refractivity contribution < 1.29 is 14.3 Å². The van der Waals surface area contributed by atoms with Crippen LogP contribution in [0.2, 0.25) is 0 Å². The number of nitrogens with zero attached hydrogens (tertiary/aromatic N) is 2. The van der Waals surface area contributed by atoms with Crippen molar-refractivity contribution in [2.75, 3.05) is 24.5 Å². The van der Waals surface area contributed by atoms with E-state index in [1.807, 2.05) is 36.1 Å². The standard InChI is InChI=1S/C16H20N2O3/c1-2-13-16(20)18(11-15(19)17-9-5-6-10-17)12-7-3-4-8-14(12)21-13/h3-4,7-8,13H,2,5-6,9-11H2,1H3/t13-/m1/s1. The summed E-state index contributed by atoms with van der Waals surface area (Å²) in [6.07, 6.45) is 2.21. The van der Waals surface area contributed by atoms with Crippen molar-refractivity contribution in [2.24, 2.45) is 0 Å². The van der Waals surface area contributed by atoms with E-state index in [9.17, 15) is 9.59 Å². The fourth-order valence-corrected chi connectivity index (χ4v) is 2.90. The van der Waals surface area contributed by atoms with Crippen LogP contribution in [0.25, 0.3) is 0 Å². The summed E-state index contributed by atoms with van der Waals surface area (Å²) in [6, 6.07) is 7.41. The number of amides is 2. The summed E-state index contributed by atoms with van der Waals surface area (Å²) in [7, 11) is 0. The van der Waals surface area contributed by atoms with Gasteiger partial charge in [-0.3, -0.25) is 14.5 Å². The van der Waals surface area contributed by atoms with Crippen LogP contribution in [-0.4, -0.2) is 42.5 Å². The average molecular weight is 288 g/mol. The lowest BCUT2D eigenvalue weighted by molar-refractivity contribution is -0.132. The van der Waals surface area contributed by atoms with Crippen molar-refractivity contribution in [3.05, 3.63) is 24.3 Å². The highest BCUT2D eigenvalue weighted by atomic mass is 16.5. The molecular weight excluding hydrogens is 268 g/mol. The van der Waals surface area contributed by atoms with E-state index in [1.165, 1.54) is 0 Å². The highest BCUT2D eigenvalue weighted by Crippen LogP contribution is 2.34. The minimum Gasteiger partial charge on any atom is -0.478 e. The molecule has 0 unspecified atom stereocenters.